The van der Waals surface area contributed by atoms with Gasteiger partial charge in [0.15, 0.2) is 0 Å². The zero-order chi connectivity index (χ0) is 28.2. The van der Waals surface area contributed by atoms with Crippen LogP contribution in [-0.4, -0.2) is 17.5 Å². The molecule has 6 heteroatoms. The van der Waals surface area contributed by atoms with E-state index in [1.807, 2.05) is 73.7 Å². The van der Waals surface area contributed by atoms with Crippen molar-refractivity contribution in [2.75, 3.05) is 0 Å². The minimum Gasteiger partial charge on any atom is -0.352 e. The summed E-state index contributed by atoms with van der Waals surface area (Å²) in [5.41, 5.74) is 2.95. The summed E-state index contributed by atoms with van der Waals surface area (Å²) < 4.78 is 1.07. The van der Waals surface area contributed by atoms with E-state index in [2.05, 4.69) is 34.5 Å². The number of allylic oxidation sites excluding steroid dienone is 5. The average molecular weight is 658 g/mol. The van der Waals surface area contributed by atoms with Gasteiger partial charge in [-0.3, -0.25) is 14.4 Å². The highest BCUT2D eigenvalue weighted by atomic mass is 127. The van der Waals surface area contributed by atoms with Gasteiger partial charge in [-0.1, -0.05) is 85.8 Å². The Morgan fingerprint density at radius 3 is 2.41 bits per heavy atom. The Morgan fingerprint density at radius 1 is 1.08 bits per heavy atom. The van der Waals surface area contributed by atoms with E-state index in [1.165, 1.54) is 0 Å². The lowest BCUT2D eigenvalue weighted by Gasteiger charge is -2.23. The van der Waals surface area contributed by atoms with Crippen LogP contribution in [0.1, 0.15) is 56.6 Å². The topological polar surface area (TPSA) is 63.2 Å². The molecule has 0 aliphatic heterocycles. The average Bonchev–Trinajstić information content (AvgIpc) is 3.02. The molecule has 3 atom stereocenters. The molecule has 0 radical (unpaired) electrons. The number of benzene rings is 2. The van der Waals surface area contributed by atoms with E-state index in [0.29, 0.717) is 43.7 Å². The number of hydrogen-bond donors (Lipinski definition) is 1. The quantitative estimate of drug-likeness (QED) is 0.144. The Bertz CT molecular complexity index is 1220. The van der Waals surface area contributed by atoms with Gasteiger partial charge in [0.2, 0.25) is 5.91 Å². The molecule has 0 spiro atoms. The van der Waals surface area contributed by atoms with E-state index in [1.54, 1.807) is 6.08 Å². The molecule has 0 bridgehead atoms. The molecule has 3 unspecified atom stereocenters. The number of rotatable bonds is 12. The molecule has 1 amide bonds. The third-order valence-electron chi connectivity index (χ3n) is 7.22. The van der Waals surface area contributed by atoms with Gasteiger partial charge >= 0.3 is 0 Å². The molecular weight excluding hydrogens is 621 g/mol. The van der Waals surface area contributed by atoms with E-state index in [-0.39, 0.29) is 29.8 Å². The van der Waals surface area contributed by atoms with Crippen LogP contribution in [0, 0.1) is 21.3 Å². The van der Waals surface area contributed by atoms with Gasteiger partial charge in [0.05, 0.1) is 0 Å². The van der Waals surface area contributed by atoms with Crippen LogP contribution < -0.4 is 5.32 Å². The first-order valence-corrected chi connectivity index (χ1v) is 15.0. The second-order valence-electron chi connectivity index (χ2n) is 10.2. The summed E-state index contributed by atoms with van der Waals surface area (Å²) in [6.45, 7) is 6.25. The van der Waals surface area contributed by atoms with Crippen molar-refractivity contribution in [1.82, 2.24) is 5.32 Å². The molecular formula is C33H37ClINO3. The second kappa shape index (κ2) is 15.9. The van der Waals surface area contributed by atoms with Crippen LogP contribution in [0.2, 0.25) is 5.02 Å². The third-order valence-corrected chi connectivity index (χ3v) is 8.25. The molecule has 2 aromatic carbocycles. The van der Waals surface area contributed by atoms with Gasteiger partial charge in [-0.25, -0.2) is 0 Å². The number of ketones is 2. The maximum absolute atomic E-state index is 13.7. The van der Waals surface area contributed by atoms with E-state index >= 15 is 0 Å². The van der Waals surface area contributed by atoms with Gasteiger partial charge in [-0.15, -0.1) is 0 Å². The van der Waals surface area contributed by atoms with E-state index in [0.717, 1.165) is 26.7 Å². The third kappa shape index (κ3) is 9.87. The lowest BCUT2D eigenvalue weighted by Crippen LogP contribution is -2.34. The van der Waals surface area contributed by atoms with E-state index in [9.17, 15) is 14.4 Å². The largest absolute Gasteiger partial charge is 0.352 e. The van der Waals surface area contributed by atoms with Gasteiger partial charge in [0.25, 0.3) is 0 Å². The minimum atomic E-state index is -0.650. The summed E-state index contributed by atoms with van der Waals surface area (Å²) in [7, 11) is 0. The predicted octanol–water partition coefficient (Wildman–Crippen LogP) is 7.83. The molecule has 0 aromatic heterocycles. The first kappa shape index (κ1) is 31.0. The van der Waals surface area contributed by atoms with Crippen LogP contribution in [0.15, 0.2) is 85.0 Å². The van der Waals surface area contributed by atoms with Gasteiger partial charge in [-0.2, -0.15) is 0 Å². The summed E-state index contributed by atoms with van der Waals surface area (Å²) in [5.74, 6) is -1.42. The molecule has 1 aliphatic rings. The molecule has 1 saturated carbocycles. The number of nitrogens with one attached hydrogen (secondary N) is 1. The standard InChI is InChI=1S/C33H37ClINO3/c1-3-5-10-23(9-4-2)17-28-29(21-33(39)36-22-24-11-7-6-8-12-24)32(38)19-25(18-31(28)37)13-14-26-15-16-27(35)20-30(26)34/h4-12,15-16,20,25,28-29H,2-3,13-14,17-19,21-22H2,1H3,(H,36,39)/b10-5-,23-9+. The van der Waals surface area contributed by atoms with E-state index < -0.39 is 11.8 Å². The van der Waals surface area contributed by atoms with Gasteiger partial charge < -0.3 is 5.32 Å². The van der Waals surface area contributed by atoms with Crippen LogP contribution in [0.3, 0.4) is 0 Å². The number of carbonyl (C=O) groups excluding carboxylic acids is 3. The van der Waals surface area contributed by atoms with Gasteiger partial charge in [0, 0.05) is 46.2 Å². The Balaban J connectivity index is 1.78. The van der Waals surface area contributed by atoms with Crippen LogP contribution in [0.5, 0.6) is 0 Å². The number of amides is 1. The van der Waals surface area contributed by atoms with Crippen LogP contribution in [-0.2, 0) is 27.3 Å². The summed E-state index contributed by atoms with van der Waals surface area (Å²) in [6, 6.07) is 15.6. The summed E-state index contributed by atoms with van der Waals surface area (Å²) in [5, 5.41) is 3.65. The number of halogens is 2. The minimum absolute atomic E-state index is 0.00292. The van der Waals surface area contributed by atoms with Crippen molar-refractivity contribution in [3.8, 4) is 0 Å². The van der Waals surface area contributed by atoms with Gasteiger partial charge in [0.1, 0.15) is 11.6 Å². The maximum Gasteiger partial charge on any atom is 0.221 e. The van der Waals surface area contributed by atoms with Crippen molar-refractivity contribution in [3.05, 3.63) is 105 Å². The fraction of sp³-hybridized carbons (Fsp3) is 0.364. The maximum atomic E-state index is 13.7. The Labute approximate surface area is 251 Å². The molecule has 0 heterocycles. The summed E-state index contributed by atoms with van der Waals surface area (Å²) >= 11 is 8.67. The highest BCUT2D eigenvalue weighted by Gasteiger charge is 2.39. The molecule has 39 heavy (non-hydrogen) atoms. The number of hydrogen-bond acceptors (Lipinski definition) is 3. The normalized spacial score (nSPS) is 20.2. The zero-order valence-corrected chi connectivity index (χ0v) is 25.4. The molecule has 0 saturated heterocycles. The first-order chi connectivity index (χ1) is 18.8. The summed E-state index contributed by atoms with van der Waals surface area (Å²) in [6.07, 6.45) is 10.9. The first-order valence-electron chi connectivity index (χ1n) is 13.6. The smallest absolute Gasteiger partial charge is 0.221 e. The van der Waals surface area contributed by atoms with E-state index in [4.69, 9.17) is 11.6 Å². The van der Waals surface area contributed by atoms with Crippen molar-refractivity contribution in [3.63, 3.8) is 0 Å². The Hall–Kier alpha value is -2.51. The van der Waals surface area contributed by atoms with Crippen molar-refractivity contribution >= 4 is 51.7 Å². The number of carbonyl (C=O) groups is 3. The lowest BCUT2D eigenvalue weighted by molar-refractivity contribution is -0.133. The molecule has 206 valence electrons. The fourth-order valence-electron chi connectivity index (χ4n) is 5.13. The molecule has 2 aromatic rings. The zero-order valence-electron chi connectivity index (χ0n) is 22.5. The summed E-state index contributed by atoms with van der Waals surface area (Å²) in [4.78, 5) is 40.3. The Kier molecular flexibility index (Phi) is 12.7. The van der Waals surface area contributed by atoms with Crippen molar-refractivity contribution in [1.29, 1.82) is 0 Å². The molecule has 1 N–H and O–H groups in total. The molecule has 1 fully saturated rings. The van der Waals surface area contributed by atoms with Crippen molar-refractivity contribution < 1.29 is 14.4 Å². The number of aryl methyl sites for hydroxylation is 1. The van der Waals surface area contributed by atoms with Crippen LogP contribution in [0.25, 0.3) is 0 Å². The lowest BCUT2D eigenvalue weighted by atomic mass is 9.79. The second-order valence-corrected chi connectivity index (χ2v) is 11.8. The molecule has 4 nitrogen and oxygen atoms in total. The highest BCUT2D eigenvalue weighted by molar-refractivity contribution is 14.1. The number of Topliss-reactive ketones (excluding diaryl/α,β-unsaturated/α-hetero) is 2. The van der Waals surface area contributed by atoms with Crippen molar-refractivity contribution in [2.24, 2.45) is 17.8 Å². The highest BCUT2D eigenvalue weighted by Crippen LogP contribution is 2.36. The van der Waals surface area contributed by atoms with Crippen molar-refractivity contribution in [2.45, 2.75) is 58.4 Å². The SMILES string of the molecule is C=C/C=C(\C=C/CC)CC1C(=O)CC(CCc2ccc(I)cc2Cl)CC(=O)C1CC(=O)NCc1ccccc1. The van der Waals surface area contributed by atoms with Crippen LogP contribution >= 0.6 is 34.2 Å². The molecule has 3 rings (SSSR count). The fourth-order valence-corrected chi connectivity index (χ4v) is 6.08. The van der Waals surface area contributed by atoms with Gasteiger partial charge in [-0.05, 0) is 83.0 Å². The predicted molar refractivity (Wildman–Crippen MR) is 167 cm³/mol. The monoisotopic (exact) mass is 657 g/mol. The Morgan fingerprint density at radius 2 is 1.77 bits per heavy atom. The van der Waals surface area contributed by atoms with Crippen LogP contribution in [0.4, 0.5) is 0 Å². The molecule has 1 aliphatic carbocycles.